The fraction of sp³-hybridized carbons (Fsp3) is 0.542. The second-order valence-corrected chi connectivity index (χ2v) is 9.08. The van der Waals surface area contributed by atoms with Crippen LogP contribution in [0.3, 0.4) is 0 Å². The van der Waals surface area contributed by atoms with Crippen LogP contribution in [-0.4, -0.2) is 60.1 Å². The van der Waals surface area contributed by atoms with Crippen LogP contribution in [0.15, 0.2) is 16.7 Å². The number of hydrogen-bond donors (Lipinski definition) is 1. The van der Waals surface area contributed by atoms with Crippen LogP contribution < -0.4 is 15.0 Å². The molecule has 0 aliphatic carbocycles. The molecule has 2 unspecified atom stereocenters. The average Bonchev–Trinajstić information content (AvgIpc) is 3.46. The average molecular weight is 456 g/mol. The molecule has 33 heavy (non-hydrogen) atoms. The van der Waals surface area contributed by atoms with E-state index in [-0.39, 0.29) is 6.04 Å². The monoisotopic (exact) mass is 455 g/mol. The molecule has 1 aromatic carbocycles. The number of fused-ring (bicyclic) bond motifs is 1. The van der Waals surface area contributed by atoms with Crippen LogP contribution in [0.25, 0.3) is 22.4 Å². The zero-order valence-electron chi connectivity index (χ0n) is 19.5. The zero-order valence-corrected chi connectivity index (χ0v) is 19.5. The van der Waals surface area contributed by atoms with Crippen LogP contribution in [0, 0.1) is 19.7 Å². The van der Waals surface area contributed by atoms with Crippen molar-refractivity contribution >= 4 is 16.7 Å². The summed E-state index contributed by atoms with van der Waals surface area (Å²) in [5, 5.41) is 8.41. The van der Waals surface area contributed by atoms with Crippen molar-refractivity contribution < 1.29 is 18.4 Å². The first-order chi connectivity index (χ1) is 15.9. The van der Waals surface area contributed by atoms with E-state index in [2.05, 4.69) is 27.3 Å². The molecule has 9 heteroatoms. The molecular weight excluding hydrogens is 425 g/mol. The molecule has 2 saturated heterocycles. The molecule has 8 nitrogen and oxygen atoms in total. The van der Waals surface area contributed by atoms with Gasteiger partial charge in [0.1, 0.15) is 17.1 Å². The number of benzene rings is 1. The van der Waals surface area contributed by atoms with E-state index in [1.54, 1.807) is 13.0 Å². The number of methoxy groups -OCH3 is 1. The number of pyridine rings is 1. The molecule has 5 rings (SSSR count). The summed E-state index contributed by atoms with van der Waals surface area (Å²) < 4.78 is 31.4. The SMILES string of the molecule is COc1cc(F)c2nc(N3CCC(NC4CCOC4)C[C@@H]3C)c(-c3nc(C)no3)c(C)c2c1. The summed E-state index contributed by atoms with van der Waals surface area (Å²) in [6.45, 7) is 8.32. The highest BCUT2D eigenvalue weighted by Gasteiger charge is 2.32. The number of rotatable bonds is 5. The van der Waals surface area contributed by atoms with Gasteiger partial charge in [0.05, 0.1) is 19.3 Å². The highest BCUT2D eigenvalue weighted by Crippen LogP contribution is 2.40. The number of anilines is 1. The van der Waals surface area contributed by atoms with Gasteiger partial charge in [0.15, 0.2) is 11.6 Å². The number of aryl methyl sites for hydroxylation is 2. The summed E-state index contributed by atoms with van der Waals surface area (Å²) in [5.41, 5.74) is 1.91. The minimum atomic E-state index is -0.410. The molecule has 0 bridgehead atoms. The lowest BCUT2D eigenvalue weighted by atomic mass is 9.95. The Hall–Kier alpha value is -2.78. The number of hydrogen-bond acceptors (Lipinski definition) is 8. The van der Waals surface area contributed by atoms with Crippen LogP contribution in [-0.2, 0) is 4.74 Å². The van der Waals surface area contributed by atoms with Gasteiger partial charge in [0.25, 0.3) is 5.89 Å². The van der Waals surface area contributed by atoms with Crippen LogP contribution >= 0.6 is 0 Å². The van der Waals surface area contributed by atoms with Gasteiger partial charge < -0.3 is 24.2 Å². The predicted octanol–water partition coefficient (Wildman–Crippen LogP) is 3.79. The lowest BCUT2D eigenvalue weighted by Gasteiger charge is -2.40. The fourth-order valence-electron chi connectivity index (χ4n) is 5.06. The lowest BCUT2D eigenvalue weighted by Crippen LogP contribution is -2.50. The first-order valence-electron chi connectivity index (χ1n) is 11.5. The molecule has 0 spiro atoms. The van der Waals surface area contributed by atoms with E-state index < -0.39 is 5.82 Å². The molecule has 0 amide bonds. The summed E-state index contributed by atoms with van der Waals surface area (Å²) in [7, 11) is 1.53. The number of ether oxygens (including phenoxy) is 2. The summed E-state index contributed by atoms with van der Waals surface area (Å²) in [4.78, 5) is 11.6. The number of nitrogens with one attached hydrogen (secondary N) is 1. The van der Waals surface area contributed by atoms with E-state index in [9.17, 15) is 0 Å². The lowest BCUT2D eigenvalue weighted by molar-refractivity contribution is 0.185. The fourth-order valence-corrected chi connectivity index (χ4v) is 5.06. The predicted molar refractivity (Wildman–Crippen MR) is 123 cm³/mol. The Balaban J connectivity index is 1.56. The normalized spacial score (nSPS) is 23.4. The number of aromatic nitrogens is 3. The standard InChI is InChI=1S/C24H30FN5O3/c1-13-9-16(27-17-6-8-32-12-17)5-7-30(13)23-21(24-26-15(3)29-33-24)14(2)19-10-18(31-4)11-20(25)22(19)28-23/h10-11,13,16-17,27H,5-9,12H2,1-4H3/t13-,16?,17?/m0/s1. The number of nitrogens with zero attached hydrogens (tertiary/aromatic N) is 4. The van der Waals surface area contributed by atoms with Crippen molar-refractivity contribution in [2.75, 3.05) is 31.8 Å². The smallest absolute Gasteiger partial charge is 0.261 e. The van der Waals surface area contributed by atoms with Gasteiger partial charge in [-0.3, -0.25) is 0 Å². The molecule has 176 valence electrons. The summed E-state index contributed by atoms with van der Waals surface area (Å²) in [6.07, 6.45) is 2.99. The van der Waals surface area contributed by atoms with E-state index in [4.69, 9.17) is 19.0 Å². The van der Waals surface area contributed by atoms with E-state index in [1.165, 1.54) is 13.2 Å². The van der Waals surface area contributed by atoms with Crippen molar-refractivity contribution in [3.8, 4) is 17.2 Å². The van der Waals surface area contributed by atoms with Gasteiger partial charge in [-0.05, 0) is 51.7 Å². The second kappa shape index (κ2) is 8.87. The summed E-state index contributed by atoms with van der Waals surface area (Å²) >= 11 is 0. The maximum absolute atomic E-state index is 15.1. The molecule has 3 atom stereocenters. The van der Waals surface area contributed by atoms with Gasteiger partial charge in [0, 0.05) is 42.7 Å². The molecule has 4 heterocycles. The van der Waals surface area contributed by atoms with Crippen molar-refractivity contribution in [2.45, 2.75) is 58.2 Å². The quantitative estimate of drug-likeness (QED) is 0.622. The Morgan fingerprint density at radius 3 is 2.70 bits per heavy atom. The minimum absolute atomic E-state index is 0.201. The Labute approximate surface area is 192 Å². The molecule has 2 fully saturated rings. The van der Waals surface area contributed by atoms with Gasteiger partial charge in [-0.25, -0.2) is 9.37 Å². The van der Waals surface area contributed by atoms with E-state index in [0.29, 0.717) is 46.3 Å². The Bertz CT molecular complexity index is 1160. The number of halogens is 1. The Morgan fingerprint density at radius 2 is 2.03 bits per heavy atom. The molecule has 1 N–H and O–H groups in total. The summed E-state index contributed by atoms with van der Waals surface area (Å²) in [6, 6.07) is 4.22. The molecule has 2 aliphatic heterocycles. The van der Waals surface area contributed by atoms with Gasteiger partial charge >= 0.3 is 0 Å². The van der Waals surface area contributed by atoms with Crippen LogP contribution in [0.5, 0.6) is 5.75 Å². The Morgan fingerprint density at radius 1 is 1.18 bits per heavy atom. The van der Waals surface area contributed by atoms with E-state index in [1.807, 2.05) is 6.92 Å². The molecular formula is C24H30FN5O3. The van der Waals surface area contributed by atoms with Gasteiger partial charge in [-0.2, -0.15) is 4.98 Å². The summed E-state index contributed by atoms with van der Waals surface area (Å²) in [5.74, 6) is 1.66. The number of piperidine rings is 1. The van der Waals surface area contributed by atoms with Crippen molar-refractivity contribution in [3.63, 3.8) is 0 Å². The highest BCUT2D eigenvalue weighted by molar-refractivity contribution is 5.93. The first kappa shape index (κ1) is 22.0. The third-order valence-corrected chi connectivity index (χ3v) is 6.78. The van der Waals surface area contributed by atoms with Gasteiger partial charge in [-0.1, -0.05) is 5.16 Å². The molecule has 0 saturated carbocycles. The van der Waals surface area contributed by atoms with Crippen molar-refractivity contribution in [2.24, 2.45) is 0 Å². The van der Waals surface area contributed by atoms with Gasteiger partial charge in [0.2, 0.25) is 0 Å². The van der Waals surface area contributed by atoms with Crippen molar-refractivity contribution in [1.82, 2.24) is 20.4 Å². The van der Waals surface area contributed by atoms with Gasteiger partial charge in [-0.15, -0.1) is 0 Å². The van der Waals surface area contributed by atoms with E-state index >= 15 is 4.39 Å². The third-order valence-electron chi connectivity index (χ3n) is 6.78. The third kappa shape index (κ3) is 4.15. The molecule has 2 aromatic heterocycles. The maximum Gasteiger partial charge on any atom is 0.261 e. The molecule has 3 aromatic rings. The van der Waals surface area contributed by atoms with E-state index in [0.717, 1.165) is 50.1 Å². The molecule has 2 aliphatic rings. The highest BCUT2D eigenvalue weighted by atomic mass is 19.1. The first-order valence-corrected chi connectivity index (χ1v) is 11.5. The van der Waals surface area contributed by atoms with Crippen molar-refractivity contribution in [3.05, 3.63) is 29.3 Å². The minimum Gasteiger partial charge on any atom is -0.497 e. The second-order valence-electron chi connectivity index (χ2n) is 9.08. The maximum atomic E-state index is 15.1. The van der Waals surface area contributed by atoms with Crippen LogP contribution in [0.1, 0.15) is 37.6 Å². The zero-order chi connectivity index (χ0) is 23.1. The largest absolute Gasteiger partial charge is 0.497 e. The van der Waals surface area contributed by atoms with Crippen LogP contribution in [0.2, 0.25) is 0 Å². The van der Waals surface area contributed by atoms with Crippen molar-refractivity contribution in [1.29, 1.82) is 0 Å². The van der Waals surface area contributed by atoms with Crippen LogP contribution in [0.4, 0.5) is 10.2 Å². The Kier molecular flexibility index (Phi) is 5.92. The topological polar surface area (TPSA) is 85.5 Å². The molecule has 0 radical (unpaired) electrons.